The normalized spacial score (nSPS) is 11.1. The van der Waals surface area contributed by atoms with Crippen molar-refractivity contribution in [2.75, 3.05) is 27.8 Å². The van der Waals surface area contributed by atoms with Crippen LogP contribution in [0, 0.1) is 0 Å². The van der Waals surface area contributed by atoms with E-state index in [0.717, 1.165) is 16.5 Å². The molecule has 1 amide bonds. The van der Waals surface area contributed by atoms with Crippen molar-refractivity contribution in [2.24, 2.45) is 5.73 Å². The van der Waals surface area contributed by atoms with E-state index in [1.807, 2.05) is 55.5 Å². The third-order valence-corrected chi connectivity index (χ3v) is 4.95. The Morgan fingerprint density at radius 1 is 1.07 bits per heavy atom. The lowest BCUT2D eigenvalue weighted by Gasteiger charge is -2.24. The van der Waals surface area contributed by atoms with Crippen molar-refractivity contribution in [3.05, 3.63) is 54.1 Å². The molecule has 0 spiro atoms. The molecule has 2 N–H and O–H groups in total. The van der Waals surface area contributed by atoms with Gasteiger partial charge in [0.05, 0.1) is 31.0 Å². The molecular formula is C22H27Cl2N3O3. The van der Waals surface area contributed by atoms with Crippen LogP contribution < -0.4 is 15.2 Å². The fourth-order valence-corrected chi connectivity index (χ4v) is 3.04. The first-order valence-corrected chi connectivity index (χ1v) is 9.09. The van der Waals surface area contributed by atoms with Crippen molar-refractivity contribution < 1.29 is 14.3 Å². The number of methoxy groups -OCH3 is 2. The largest absolute Gasteiger partial charge is 0.493 e. The molecule has 6 nitrogen and oxygen atoms in total. The predicted molar refractivity (Wildman–Crippen MR) is 125 cm³/mol. The number of halogens is 2. The van der Waals surface area contributed by atoms with E-state index < -0.39 is 0 Å². The first-order chi connectivity index (χ1) is 13.5. The minimum Gasteiger partial charge on any atom is -0.493 e. The molecule has 1 heterocycles. The van der Waals surface area contributed by atoms with Crippen molar-refractivity contribution in [3.63, 3.8) is 0 Å². The molecule has 0 aliphatic carbocycles. The van der Waals surface area contributed by atoms with Crippen LogP contribution in [-0.2, 0) is 0 Å². The summed E-state index contributed by atoms with van der Waals surface area (Å²) < 4.78 is 10.7. The van der Waals surface area contributed by atoms with E-state index in [-0.39, 0.29) is 36.8 Å². The number of nitrogens with zero attached hydrogens (tertiary/aromatic N) is 2. The molecular weight excluding hydrogens is 425 g/mol. The van der Waals surface area contributed by atoms with E-state index in [2.05, 4.69) is 0 Å². The van der Waals surface area contributed by atoms with E-state index >= 15 is 0 Å². The van der Waals surface area contributed by atoms with Crippen molar-refractivity contribution in [1.29, 1.82) is 0 Å². The Hall–Kier alpha value is -2.54. The Bertz CT molecular complexity index is 1010. The van der Waals surface area contributed by atoms with Gasteiger partial charge in [0, 0.05) is 30.6 Å². The van der Waals surface area contributed by atoms with Crippen molar-refractivity contribution in [2.45, 2.75) is 13.0 Å². The molecule has 0 saturated heterocycles. The summed E-state index contributed by atoms with van der Waals surface area (Å²) in [6.07, 6.45) is 0. The topological polar surface area (TPSA) is 77.7 Å². The lowest BCUT2D eigenvalue weighted by Crippen LogP contribution is -2.39. The molecule has 0 saturated carbocycles. The third kappa shape index (κ3) is 4.95. The second-order valence-corrected chi connectivity index (χ2v) is 6.64. The highest BCUT2D eigenvalue weighted by Crippen LogP contribution is 2.33. The maximum Gasteiger partial charge on any atom is 0.254 e. The summed E-state index contributed by atoms with van der Waals surface area (Å²) in [4.78, 5) is 19.6. The van der Waals surface area contributed by atoms with Crippen LogP contribution in [0.5, 0.6) is 11.5 Å². The number of nitrogens with two attached hydrogens (primary N) is 1. The molecule has 3 rings (SSSR count). The summed E-state index contributed by atoms with van der Waals surface area (Å²) in [6, 6.07) is 15.0. The highest BCUT2D eigenvalue weighted by atomic mass is 35.5. The van der Waals surface area contributed by atoms with Gasteiger partial charge in [-0.1, -0.05) is 18.2 Å². The maximum atomic E-state index is 13.2. The minimum atomic E-state index is -0.0849. The molecule has 2 aromatic carbocycles. The van der Waals surface area contributed by atoms with Gasteiger partial charge in [0.1, 0.15) is 0 Å². The van der Waals surface area contributed by atoms with Gasteiger partial charge < -0.3 is 20.1 Å². The van der Waals surface area contributed by atoms with Crippen LogP contribution >= 0.6 is 24.8 Å². The molecule has 0 aliphatic heterocycles. The van der Waals surface area contributed by atoms with Crippen LogP contribution in [0.4, 0.5) is 0 Å². The highest BCUT2D eigenvalue weighted by Gasteiger charge is 2.20. The van der Waals surface area contributed by atoms with Gasteiger partial charge in [-0.15, -0.1) is 24.8 Å². The number of benzene rings is 2. The number of amides is 1. The van der Waals surface area contributed by atoms with E-state index in [4.69, 9.17) is 20.2 Å². The van der Waals surface area contributed by atoms with Crippen LogP contribution in [0.2, 0.25) is 0 Å². The average molecular weight is 452 g/mol. The smallest absolute Gasteiger partial charge is 0.254 e. The second-order valence-electron chi connectivity index (χ2n) is 6.64. The van der Waals surface area contributed by atoms with E-state index in [1.165, 1.54) is 0 Å². The molecule has 1 unspecified atom stereocenters. The lowest BCUT2D eigenvalue weighted by atomic mass is 10.0. The number of carbonyl (C=O) groups is 1. The van der Waals surface area contributed by atoms with Gasteiger partial charge in [-0.05, 0) is 37.3 Å². The van der Waals surface area contributed by atoms with Gasteiger partial charge in [-0.25, -0.2) is 4.98 Å². The number of likely N-dealkylation sites (N-methyl/N-ethyl adjacent to an activating group) is 1. The fourth-order valence-electron chi connectivity index (χ4n) is 3.04. The van der Waals surface area contributed by atoms with Gasteiger partial charge in [0.15, 0.2) is 11.5 Å². The van der Waals surface area contributed by atoms with Crippen LogP contribution in [-0.4, -0.2) is 49.6 Å². The predicted octanol–water partition coefficient (Wildman–Crippen LogP) is 4.18. The SMILES string of the molecule is COc1ccc(-c2cc(C(=O)N(C)C(C)CN)c3ccccc3n2)cc1OC.Cl.Cl. The number of para-hydroxylation sites is 1. The molecule has 1 aromatic heterocycles. The van der Waals surface area contributed by atoms with E-state index in [1.54, 1.807) is 26.2 Å². The molecule has 162 valence electrons. The standard InChI is InChI=1S/C22H25N3O3.2ClH/c1-14(13-23)25(2)22(26)17-12-19(24-18-8-6-5-7-16(17)18)15-9-10-20(27-3)21(11-15)28-4;;/h5-12,14H,13,23H2,1-4H3;2*1H. The van der Waals surface area contributed by atoms with Crippen LogP contribution in [0.1, 0.15) is 17.3 Å². The second kappa shape index (κ2) is 11.0. The quantitative estimate of drug-likeness (QED) is 0.607. The van der Waals surface area contributed by atoms with Gasteiger partial charge >= 0.3 is 0 Å². The molecule has 0 fully saturated rings. The van der Waals surface area contributed by atoms with Gasteiger partial charge in [0.25, 0.3) is 5.91 Å². The summed E-state index contributed by atoms with van der Waals surface area (Å²) in [7, 11) is 4.95. The molecule has 0 bridgehead atoms. The monoisotopic (exact) mass is 451 g/mol. The minimum absolute atomic E-state index is 0. The zero-order chi connectivity index (χ0) is 20.3. The number of pyridine rings is 1. The summed E-state index contributed by atoms with van der Waals surface area (Å²) >= 11 is 0. The van der Waals surface area contributed by atoms with Crippen LogP contribution in [0.15, 0.2) is 48.5 Å². The summed E-state index contributed by atoms with van der Waals surface area (Å²) in [5.41, 5.74) is 8.63. The van der Waals surface area contributed by atoms with Gasteiger partial charge in [-0.2, -0.15) is 0 Å². The first-order valence-electron chi connectivity index (χ1n) is 9.09. The summed E-state index contributed by atoms with van der Waals surface area (Å²) in [5, 5.41) is 0.813. The summed E-state index contributed by atoms with van der Waals surface area (Å²) in [5.74, 6) is 1.16. The van der Waals surface area contributed by atoms with Crippen molar-refractivity contribution in [1.82, 2.24) is 9.88 Å². The highest BCUT2D eigenvalue weighted by molar-refractivity contribution is 6.07. The number of hydrogen-bond donors (Lipinski definition) is 1. The van der Waals surface area contributed by atoms with Crippen LogP contribution in [0.25, 0.3) is 22.2 Å². The number of carbonyl (C=O) groups excluding carboxylic acids is 1. The number of ether oxygens (including phenoxy) is 2. The Morgan fingerprint density at radius 3 is 2.37 bits per heavy atom. The van der Waals surface area contributed by atoms with Crippen molar-refractivity contribution in [3.8, 4) is 22.8 Å². The molecule has 0 radical (unpaired) electrons. The average Bonchev–Trinajstić information content (AvgIpc) is 2.76. The zero-order valence-electron chi connectivity index (χ0n) is 17.4. The van der Waals surface area contributed by atoms with Gasteiger partial charge in [0.2, 0.25) is 0 Å². The molecule has 3 aromatic rings. The first kappa shape index (κ1) is 25.5. The Morgan fingerprint density at radius 2 is 1.73 bits per heavy atom. The Kier molecular flexibility index (Phi) is 9.36. The van der Waals surface area contributed by atoms with E-state index in [9.17, 15) is 4.79 Å². The van der Waals surface area contributed by atoms with Crippen molar-refractivity contribution >= 4 is 41.6 Å². The third-order valence-electron chi connectivity index (χ3n) is 4.95. The molecule has 1 atom stereocenters. The number of fused-ring (bicyclic) bond motifs is 1. The van der Waals surface area contributed by atoms with Gasteiger partial charge in [-0.3, -0.25) is 4.79 Å². The zero-order valence-corrected chi connectivity index (χ0v) is 19.0. The maximum absolute atomic E-state index is 13.2. The number of aromatic nitrogens is 1. The molecule has 30 heavy (non-hydrogen) atoms. The van der Waals surface area contributed by atoms with E-state index in [0.29, 0.717) is 29.3 Å². The molecule has 0 aliphatic rings. The van der Waals surface area contributed by atoms with Crippen LogP contribution in [0.3, 0.4) is 0 Å². The fraction of sp³-hybridized carbons (Fsp3) is 0.273. The number of hydrogen-bond acceptors (Lipinski definition) is 5. The Labute approximate surface area is 189 Å². The summed E-state index contributed by atoms with van der Waals surface area (Å²) in [6.45, 7) is 2.32. The number of rotatable bonds is 6. The Balaban J connectivity index is 0.00000225. The molecule has 8 heteroatoms. The lowest BCUT2D eigenvalue weighted by molar-refractivity contribution is 0.0750.